The second-order valence-electron chi connectivity index (χ2n) is 30.9. The average Bonchev–Trinajstić information content (AvgIpc) is 1.54. The van der Waals surface area contributed by atoms with E-state index >= 15 is 0 Å². The number of carbonyl (C=O) groups is 1. The van der Waals surface area contributed by atoms with Gasteiger partial charge >= 0.3 is 0 Å². The van der Waals surface area contributed by atoms with E-state index in [2.05, 4.69) is 98.6 Å². The molecule has 2 aliphatic rings. The molecule has 0 saturated heterocycles. The molecule has 644 valence electrons. The fourth-order valence-electron chi connectivity index (χ4n) is 15.3. The molecule has 0 fully saturated rings. The number of methoxy groups -OCH3 is 1. The minimum atomic E-state index is 0.199. The van der Waals surface area contributed by atoms with Crippen LogP contribution in [0.2, 0.25) is 20.1 Å². The van der Waals surface area contributed by atoms with Crippen molar-refractivity contribution < 1.29 is 9.53 Å². The van der Waals surface area contributed by atoms with E-state index in [1.165, 1.54) is 5.56 Å². The normalized spacial score (nSPS) is 12.0. The van der Waals surface area contributed by atoms with Crippen molar-refractivity contribution in [1.29, 1.82) is 0 Å². The number of nitrogens with one attached hydrogen (secondary N) is 10. The highest BCUT2D eigenvalue weighted by Crippen LogP contribution is 2.38. The molecule has 10 N–H and O–H groups in total. The molecule has 23 rings (SSSR count). The van der Waals surface area contributed by atoms with E-state index in [0.717, 1.165) is 182 Å². The Labute approximate surface area is 769 Å². The number of ketones is 1. The van der Waals surface area contributed by atoms with Crippen molar-refractivity contribution in [2.75, 3.05) is 33.7 Å². The van der Waals surface area contributed by atoms with Gasteiger partial charge in [0, 0.05) is 133 Å². The van der Waals surface area contributed by atoms with Crippen LogP contribution in [0.15, 0.2) is 279 Å². The average molecular weight is 1800 g/mol. The summed E-state index contributed by atoms with van der Waals surface area (Å²) in [6.07, 6.45) is 5.75. The first-order valence-corrected chi connectivity index (χ1v) is 43.6. The number of nitrogens with zero attached hydrogens (tertiary/aromatic N) is 15. The quantitative estimate of drug-likeness (QED) is 0.0429. The van der Waals surface area contributed by atoms with Gasteiger partial charge < -0.3 is 31.3 Å². The highest BCUT2D eigenvalue weighted by atomic mass is 35.5. The van der Waals surface area contributed by atoms with Crippen LogP contribution in [0.5, 0.6) is 5.75 Å². The molecule has 0 atom stereocenters. The van der Waals surface area contributed by atoms with Crippen LogP contribution in [-0.4, -0.2) is 114 Å². The molecule has 27 nitrogen and oxygen atoms in total. The Morgan fingerprint density at radius 2 is 0.672 bits per heavy atom. The number of fused-ring (bicyclic) bond motifs is 8. The molecule has 0 radical (unpaired) electrons. The number of carbonyl (C=O) groups excluding carboxylic acids is 1. The van der Waals surface area contributed by atoms with E-state index in [1.807, 2.05) is 275 Å². The maximum atomic E-state index is 12.0. The molecule has 0 unspecified atom stereocenters. The number of Topliss-reactive ketones (excluding diaryl/α,β-unsaturated/α-hetero) is 1. The zero-order valence-corrected chi connectivity index (χ0v) is 73.6. The van der Waals surface area contributed by atoms with E-state index in [4.69, 9.17) is 86.0 Å². The van der Waals surface area contributed by atoms with E-state index in [-0.39, 0.29) is 5.78 Å². The van der Waals surface area contributed by atoms with Crippen LogP contribution in [-0.2, 0) is 30.5 Å². The van der Waals surface area contributed by atoms with Crippen LogP contribution in [0.25, 0.3) is 122 Å². The van der Waals surface area contributed by atoms with E-state index in [1.54, 1.807) is 19.2 Å². The van der Waals surface area contributed by atoms with E-state index in [9.17, 15) is 4.79 Å². The Bertz CT molecular complexity index is 7730. The number of aryl methyl sites for hydroxylation is 3. The first-order valence-electron chi connectivity index (χ1n) is 42.1. The molecule has 0 amide bonds. The number of H-pyrrole nitrogens is 5. The maximum absolute atomic E-state index is 12.0. The van der Waals surface area contributed by atoms with E-state index < -0.39 is 0 Å². The first-order chi connectivity index (χ1) is 64.1. The molecular weight excluding hydrogens is 1730 g/mol. The van der Waals surface area contributed by atoms with Crippen LogP contribution in [0.1, 0.15) is 53.2 Å². The molecule has 0 aliphatic heterocycles. The van der Waals surface area contributed by atoms with Crippen molar-refractivity contribution in [2.24, 2.45) is 0 Å². The van der Waals surface area contributed by atoms with Crippen molar-refractivity contribution >= 4 is 176 Å². The summed E-state index contributed by atoms with van der Waals surface area (Å²) in [5.41, 5.74) is 16.0. The van der Waals surface area contributed by atoms with Crippen molar-refractivity contribution in [3.8, 4) is 62.7 Å². The molecule has 0 saturated carbocycles. The Balaban J connectivity index is 0.000000106. The van der Waals surface area contributed by atoms with Gasteiger partial charge in [0.05, 0.1) is 45.9 Å². The molecule has 21 aromatic rings. The van der Waals surface area contributed by atoms with Gasteiger partial charge in [-0.05, 0) is 204 Å². The summed E-state index contributed by atoms with van der Waals surface area (Å²) >= 11 is 24.1. The number of ether oxygens (including phenoxy) is 1. The molecule has 10 heterocycles. The van der Waals surface area contributed by atoms with Gasteiger partial charge in [-0.25, -0.2) is 49.8 Å². The lowest BCUT2D eigenvalue weighted by atomic mass is 9.95. The molecular formula is C100H79Cl4N25O2. The monoisotopic (exact) mass is 1800 g/mol. The molecule has 2 aliphatic carbocycles. The predicted octanol–water partition coefficient (Wildman–Crippen LogP) is 24.1. The molecule has 10 aromatic heterocycles. The summed E-state index contributed by atoms with van der Waals surface area (Å²) in [7, 11) is 1.64. The Morgan fingerprint density at radius 3 is 1.16 bits per heavy atom. The van der Waals surface area contributed by atoms with Gasteiger partial charge in [0.15, 0.2) is 58.2 Å². The summed E-state index contributed by atoms with van der Waals surface area (Å²) in [5, 5.41) is 61.8. The molecule has 11 aromatic carbocycles. The summed E-state index contributed by atoms with van der Waals surface area (Å²) in [4.78, 5) is 59.3. The van der Waals surface area contributed by atoms with Crippen LogP contribution in [0.3, 0.4) is 0 Å². The second-order valence-corrected chi connectivity index (χ2v) is 32.7. The number of hydrogen-bond donors (Lipinski definition) is 10. The Morgan fingerprint density at radius 1 is 0.290 bits per heavy atom. The van der Waals surface area contributed by atoms with Crippen LogP contribution in [0.4, 0.5) is 58.2 Å². The number of aromatic amines is 5. The molecule has 0 spiro atoms. The fraction of sp³-hybridized carbons (Fsp3) is 0.100. The summed E-state index contributed by atoms with van der Waals surface area (Å²) in [6, 6.07) is 89.4. The zero-order chi connectivity index (χ0) is 89.3. The first kappa shape index (κ1) is 84.5. The Hall–Kier alpha value is -15.9. The third kappa shape index (κ3) is 19.5. The van der Waals surface area contributed by atoms with Crippen molar-refractivity contribution in [1.82, 2.24) is 101 Å². The van der Waals surface area contributed by atoms with Crippen molar-refractivity contribution in [3.05, 3.63) is 333 Å². The third-order valence-corrected chi connectivity index (χ3v) is 22.8. The summed E-state index contributed by atoms with van der Waals surface area (Å²) < 4.78 is 5.34. The number of aromatic nitrogens is 20. The summed E-state index contributed by atoms with van der Waals surface area (Å²) in [6.45, 7) is 3.89. The minimum Gasteiger partial charge on any atom is -0.497 e. The number of para-hydroxylation sites is 4. The largest absolute Gasteiger partial charge is 0.497 e. The number of rotatable bonds is 16. The minimum absolute atomic E-state index is 0.199. The third-order valence-electron chi connectivity index (χ3n) is 21.9. The highest BCUT2D eigenvalue weighted by Gasteiger charge is 2.26. The van der Waals surface area contributed by atoms with Crippen LogP contribution in [0, 0.1) is 13.8 Å². The maximum Gasteiger partial charge on any atom is 0.162 e. The fourth-order valence-corrected chi connectivity index (χ4v) is 15.9. The molecule has 0 bridgehead atoms. The number of halogens is 4. The Kier molecular flexibility index (Phi) is 24.7. The van der Waals surface area contributed by atoms with Crippen LogP contribution >= 0.6 is 46.4 Å². The van der Waals surface area contributed by atoms with Crippen molar-refractivity contribution in [3.63, 3.8) is 0 Å². The molecule has 31 heteroatoms. The van der Waals surface area contributed by atoms with Gasteiger partial charge in [-0.1, -0.05) is 156 Å². The smallest absolute Gasteiger partial charge is 0.162 e. The molecule has 131 heavy (non-hydrogen) atoms. The lowest BCUT2D eigenvalue weighted by Gasteiger charge is -2.19. The SMILES string of the molecule is COc1ccc2nc(-c3ccccc3)nc(Nc3cc(C)[nH]n3)c2c1.Cc1cc(Nc2nc(-c3ccc(Cl)cc3)nc3cc(Cl)ccc23)n[nH]1.Clc1ccc(-c2nc3c(c(Nc4n[nH]c5ccccc45)n2)CCCC3)cc1.O=C1CCc2c(nc(-c3ccc(Cl)cc3)nc2Nc2n[nH]c3ccccc23)C1.c1ccc(-c2nc(Nc3n[nH]c4ccccc34)c3ccccc3n2)cc1. The van der Waals surface area contributed by atoms with Gasteiger partial charge in [0.1, 0.15) is 40.6 Å². The number of hydrogen-bond acceptors (Lipinski definition) is 22. The van der Waals surface area contributed by atoms with Gasteiger partial charge in [-0.15, -0.1) is 0 Å². The van der Waals surface area contributed by atoms with Crippen LogP contribution < -0.4 is 31.3 Å². The van der Waals surface area contributed by atoms with Gasteiger partial charge in [-0.3, -0.25) is 30.3 Å². The van der Waals surface area contributed by atoms with Gasteiger partial charge in [0.25, 0.3) is 0 Å². The van der Waals surface area contributed by atoms with Gasteiger partial charge in [0.2, 0.25) is 0 Å². The van der Waals surface area contributed by atoms with Crippen molar-refractivity contribution in [2.45, 2.75) is 58.8 Å². The number of benzene rings is 11. The number of anilines is 10. The van der Waals surface area contributed by atoms with E-state index in [0.29, 0.717) is 97.6 Å². The lowest BCUT2D eigenvalue weighted by Crippen LogP contribution is -2.18. The second kappa shape index (κ2) is 38.3. The zero-order valence-electron chi connectivity index (χ0n) is 70.5. The lowest BCUT2D eigenvalue weighted by molar-refractivity contribution is -0.118. The standard InChI is InChI=1S/C21H16ClN5O.C21H18ClN5.C21H15N5.C19H17N5O.C18H13Cl2N5/c22-13-7-5-12(6-8-13)19-23-18-11-14(28)9-10-16(18)20(24-19)25-21-15-3-1-2-4-17(15)26-27-21;22-14-11-9-13(10-12-14)19-23-17-7-3-1-5-15(17)20(24-19)25-21-16-6-2-4-8-18(16)26-27-21;1-2-8-14(9-3-1)19-22-17-12-6-4-10-15(17)20(23-19)24-21-16-11-5-7-13-18(16)25-26-21;1-12-10-17(24-23-12)21-19-15-11-14(25-2)8-9-16(15)20-18(22-19)13-6-4-3-5-7-13;1-10-8-16(25-24-10)22-18-14-7-6-13(20)9-15(14)21-17(23-18)11-2-4-12(19)5-3-11/h1-8H,9-11H2,(H2,23,24,25,26,27);2,4,6,8-12H,1,3,5,7H2,(H2,23,24,25,26,27);1-13H,(H2,22,23,24,25,26);3-11H,1-2H3,(H2,20,21,22,23,24);2-9H,1H3,(H2,21,22,23,24,25). The van der Waals surface area contributed by atoms with Gasteiger partial charge in [-0.2, -0.15) is 25.5 Å². The highest BCUT2D eigenvalue weighted by molar-refractivity contribution is 6.32. The topological polar surface area (TPSA) is 359 Å². The summed E-state index contributed by atoms with van der Waals surface area (Å²) in [5.74, 6) is 11.4. The predicted molar refractivity (Wildman–Crippen MR) is 521 cm³/mol.